The molecule has 0 spiro atoms. The first kappa shape index (κ1) is 35.5. The van der Waals surface area contributed by atoms with Gasteiger partial charge in [-0.05, 0) is 67.5 Å². The van der Waals surface area contributed by atoms with Crippen LogP contribution < -0.4 is 10.2 Å². The number of nitrogens with zero attached hydrogens (tertiary/aromatic N) is 3. The average Bonchev–Trinajstić information content (AvgIpc) is 3.80. The number of benzene rings is 3. The van der Waals surface area contributed by atoms with E-state index >= 15 is 0 Å². The zero-order valence-electron chi connectivity index (χ0n) is 26.8. The molecule has 0 unspecified atom stereocenters. The van der Waals surface area contributed by atoms with Crippen LogP contribution in [0.4, 0.5) is 0 Å². The van der Waals surface area contributed by atoms with E-state index in [1.54, 1.807) is 24.7 Å². The summed E-state index contributed by atoms with van der Waals surface area (Å²) in [5, 5.41) is 13.6. The molecule has 6 rings (SSSR count). The first-order valence-corrected chi connectivity index (χ1v) is 17.4. The average molecular weight is 697 g/mol. The highest BCUT2D eigenvalue weighted by molar-refractivity contribution is 7.93. The van der Waals surface area contributed by atoms with Crippen molar-refractivity contribution in [3.8, 4) is 17.1 Å². The monoisotopic (exact) mass is 696 g/mol. The Balaban J connectivity index is 0.00000451. The molecule has 1 saturated heterocycles. The van der Waals surface area contributed by atoms with Crippen LogP contribution in [0.5, 0.6) is 5.75 Å². The minimum Gasteiger partial charge on any atom is -0.494 e. The van der Waals surface area contributed by atoms with Gasteiger partial charge in [0.1, 0.15) is 5.75 Å². The number of likely N-dealkylation sites (tertiary alicyclic amines) is 1. The molecule has 2 aliphatic rings. The standard InChI is InChI=1S/C35H40N4O7S.ClH/c1-44-25-23-39-21-19-35(20-22-39,33(40)37-41)47(42,43)30-15-13-29(14-16-30)45-24-5-8-31-36-32(38-46-31)26-9-11-28(12-10-26)34(17-18-34)27-6-3-2-4-7-27;/h2-4,6-7,9-16,41H,5,8,17-25H2,1H3,(H,37,40);1H. The topological polar surface area (TPSA) is 144 Å². The normalized spacial score (nSPS) is 16.9. The maximum Gasteiger partial charge on any atom is 0.265 e. The van der Waals surface area contributed by atoms with Crippen molar-refractivity contribution in [1.29, 1.82) is 0 Å². The third kappa shape index (κ3) is 7.13. The number of aryl methyl sites for hydroxylation is 1. The molecule has 2 heterocycles. The van der Waals surface area contributed by atoms with Gasteiger partial charge in [0.2, 0.25) is 11.7 Å². The van der Waals surface area contributed by atoms with E-state index in [2.05, 4.69) is 46.5 Å². The molecule has 11 nitrogen and oxygen atoms in total. The maximum atomic E-state index is 13.7. The van der Waals surface area contributed by atoms with Gasteiger partial charge >= 0.3 is 0 Å². The lowest BCUT2D eigenvalue weighted by Gasteiger charge is -2.39. The molecular formula is C35H41ClN4O7S. The summed E-state index contributed by atoms with van der Waals surface area (Å²) in [6, 6.07) is 25.0. The van der Waals surface area contributed by atoms with Crippen LogP contribution in [-0.4, -0.2) is 79.3 Å². The molecule has 2 fully saturated rings. The number of hydroxylamine groups is 1. The SMILES string of the molecule is COCCN1CCC(C(=O)NO)(S(=O)(=O)c2ccc(OCCCc3nc(-c4ccc(C5(c6ccccc6)CC5)cc4)no3)cc2)CC1.Cl. The van der Waals surface area contributed by atoms with Crippen LogP contribution >= 0.6 is 12.4 Å². The van der Waals surface area contributed by atoms with Crippen LogP contribution in [0.3, 0.4) is 0 Å². The van der Waals surface area contributed by atoms with E-state index in [0.717, 1.165) is 18.4 Å². The molecule has 1 aromatic heterocycles. The molecule has 1 amide bonds. The van der Waals surface area contributed by atoms with Crippen molar-refractivity contribution in [2.75, 3.05) is 40.0 Å². The van der Waals surface area contributed by atoms with Gasteiger partial charge in [0.05, 0.1) is 18.1 Å². The lowest BCUT2D eigenvalue weighted by molar-refractivity contribution is -0.133. The molecule has 0 atom stereocenters. The Morgan fingerprint density at radius 2 is 1.60 bits per heavy atom. The van der Waals surface area contributed by atoms with Crippen molar-refractivity contribution in [1.82, 2.24) is 20.5 Å². The van der Waals surface area contributed by atoms with Gasteiger partial charge in [0.25, 0.3) is 5.91 Å². The highest BCUT2D eigenvalue weighted by atomic mass is 35.5. The van der Waals surface area contributed by atoms with Crippen LogP contribution in [0.1, 0.15) is 49.1 Å². The second-order valence-corrected chi connectivity index (χ2v) is 14.5. The smallest absolute Gasteiger partial charge is 0.265 e. The Hall–Kier alpha value is -3.81. The number of sulfone groups is 1. The van der Waals surface area contributed by atoms with E-state index in [4.69, 9.17) is 14.0 Å². The molecule has 0 bridgehead atoms. The molecule has 4 aromatic rings. The summed E-state index contributed by atoms with van der Waals surface area (Å²) < 4.78 is 42.1. The van der Waals surface area contributed by atoms with Gasteiger partial charge in [-0.2, -0.15) is 4.98 Å². The number of rotatable bonds is 14. The summed E-state index contributed by atoms with van der Waals surface area (Å²) in [6.45, 7) is 2.28. The fourth-order valence-corrected chi connectivity index (χ4v) is 8.43. The quantitative estimate of drug-likeness (QED) is 0.105. The van der Waals surface area contributed by atoms with E-state index in [-0.39, 0.29) is 35.6 Å². The molecule has 1 aliphatic heterocycles. The number of carbonyl (C=O) groups is 1. The van der Waals surface area contributed by atoms with Gasteiger partial charge in [0, 0.05) is 44.1 Å². The Bertz CT molecular complexity index is 1750. The Morgan fingerprint density at radius 1 is 0.938 bits per heavy atom. The molecular weight excluding hydrogens is 656 g/mol. The fraction of sp³-hybridized carbons (Fsp3) is 0.400. The third-order valence-corrected chi connectivity index (χ3v) is 12.0. The Kier molecular flexibility index (Phi) is 11.2. The molecule has 48 heavy (non-hydrogen) atoms. The van der Waals surface area contributed by atoms with Crippen molar-refractivity contribution in [2.24, 2.45) is 0 Å². The highest BCUT2D eigenvalue weighted by Gasteiger charge is 2.53. The van der Waals surface area contributed by atoms with Gasteiger partial charge in [-0.1, -0.05) is 59.8 Å². The van der Waals surface area contributed by atoms with Crippen LogP contribution in [0.25, 0.3) is 11.4 Å². The second kappa shape index (κ2) is 15.2. The minimum absolute atomic E-state index is 0. The number of nitrogens with one attached hydrogen (secondary N) is 1. The first-order valence-electron chi connectivity index (χ1n) is 15.9. The lowest BCUT2D eigenvalue weighted by Crippen LogP contribution is -2.57. The molecule has 256 valence electrons. The Labute approximate surface area is 286 Å². The third-order valence-electron chi connectivity index (χ3n) is 9.48. The predicted octanol–water partition coefficient (Wildman–Crippen LogP) is 5.01. The van der Waals surface area contributed by atoms with Crippen LogP contribution in [-0.2, 0) is 31.2 Å². The lowest BCUT2D eigenvalue weighted by atomic mass is 9.87. The number of amides is 1. The summed E-state index contributed by atoms with van der Waals surface area (Å²) in [4.78, 5) is 19.3. The van der Waals surface area contributed by atoms with E-state index in [0.29, 0.717) is 63.2 Å². The predicted molar refractivity (Wildman–Crippen MR) is 181 cm³/mol. The van der Waals surface area contributed by atoms with E-state index in [1.165, 1.54) is 23.3 Å². The first-order chi connectivity index (χ1) is 22.8. The highest BCUT2D eigenvalue weighted by Crippen LogP contribution is 2.53. The molecule has 2 N–H and O–H groups in total. The molecule has 0 radical (unpaired) electrons. The molecule has 13 heteroatoms. The van der Waals surface area contributed by atoms with Crippen molar-refractivity contribution in [3.05, 3.63) is 95.9 Å². The van der Waals surface area contributed by atoms with Gasteiger partial charge in [0.15, 0.2) is 14.6 Å². The summed E-state index contributed by atoms with van der Waals surface area (Å²) in [5.74, 6) is 0.634. The molecule has 1 aliphatic carbocycles. The number of hydrogen-bond acceptors (Lipinski definition) is 10. The van der Waals surface area contributed by atoms with Crippen LogP contribution in [0, 0.1) is 0 Å². The van der Waals surface area contributed by atoms with Gasteiger partial charge in [-0.3, -0.25) is 10.0 Å². The number of carbonyl (C=O) groups excluding carboxylic acids is 1. The van der Waals surface area contributed by atoms with Gasteiger partial charge in [-0.25, -0.2) is 13.9 Å². The van der Waals surface area contributed by atoms with Crippen molar-refractivity contribution in [2.45, 2.75) is 53.6 Å². The summed E-state index contributed by atoms with van der Waals surface area (Å²) in [6.07, 6.45) is 3.54. The number of ether oxygens (including phenoxy) is 2. The number of methoxy groups -OCH3 is 1. The number of aromatic nitrogens is 2. The largest absolute Gasteiger partial charge is 0.494 e. The maximum absolute atomic E-state index is 13.7. The summed E-state index contributed by atoms with van der Waals surface area (Å²) in [7, 11) is -2.51. The molecule has 3 aromatic carbocycles. The number of halogens is 1. The van der Waals surface area contributed by atoms with Crippen molar-refractivity contribution < 1.29 is 32.4 Å². The van der Waals surface area contributed by atoms with Gasteiger partial charge in [-0.15, -0.1) is 12.4 Å². The van der Waals surface area contributed by atoms with E-state index in [9.17, 15) is 18.4 Å². The van der Waals surface area contributed by atoms with Crippen molar-refractivity contribution >= 4 is 28.2 Å². The van der Waals surface area contributed by atoms with E-state index < -0.39 is 20.5 Å². The van der Waals surface area contributed by atoms with Crippen molar-refractivity contribution in [3.63, 3.8) is 0 Å². The number of piperidine rings is 1. The number of hydrogen-bond donors (Lipinski definition) is 2. The second-order valence-electron chi connectivity index (χ2n) is 12.2. The minimum atomic E-state index is -4.11. The Morgan fingerprint density at radius 3 is 2.23 bits per heavy atom. The van der Waals surface area contributed by atoms with Crippen LogP contribution in [0.15, 0.2) is 88.3 Å². The summed E-state index contributed by atoms with van der Waals surface area (Å²) in [5.41, 5.74) is 5.25. The fourth-order valence-electron chi connectivity index (χ4n) is 6.47. The van der Waals surface area contributed by atoms with E-state index in [1.807, 2.05) is 23.1 Å². The zero-order chi connectivity index (χ0) is 32.9. The molecule has 1 saturated carbocycles. The summed E-state index contributed by atoms with van der Waals surface area (Å²) >= 11 is 0. The van der Waals surface area contributed by atoms with Crippen LogP contribution in [0.2, 0.25) is 0 Å². The van der Waals surface area contributed by atoms with Gasteiger partial charge < -0.3 is 18.9 Å². The zero-order valence-corrected chi connectivity index (χ0v) is 28.5.